The Morgan fingerprint density at radius 1 is 1.12 bits per heavy atom. The zero-order valence-electron chi connectivity index (χ0n) is 13.8. The van der Waals surface area contributed by atoms with Crippen LogP contribution in [0.4, 0.5) is 5.69 Å². The molecule has 2 amide bonds. The van der Waals surface area contributed by atoms with Crippen LogP contribution in [0.25, 0.3) is 6.08 Å². The number of benzene rings is 2. The highest BCUT2D eigenvalue weighted by Crippen LogP contribution is 2.27. The fraction of sp³-hybridized carbons (Fsp3) is 0.158. The van der Waals surface area contributed by atoms with Crippen LogP contribution in [0.3, 0.4) is 0 Å². The Kier molecular flexibility index (Phi) is 4.90. The van der Waals surface area contributed by atoms with Crippen molar-refractivity contribution < 1.29 is 14.3 Å². The van der Waals surface area contributed by atoms with Gasteiger partial charge in [0.05, 0.1) is 11.8 Å². The lowest BCUT2D eigenvalue weighted by atomic mass is 10.1. The topological polar surface area (TPSA) is 58.6 Å². The van der Waals surface area contributed by atoms with Gasteiger partial charge in [-0.15, -0.1) is 0 Å². The van der Waals surface area contributed by atoms with Gasteiger partial charge in [0, 0.05) is 10.0 Å². The first-order valence-electron chi connectivity index (χ1n) is 7.84. The Morgan fingerprint density at radius 2 is 1.88 bits per heavy atom. The molecule has 1 fully saturated rings. The average Bonchev–Trinajstić information content (AvgIpc) is 2.84. The molecule has 2 aromatic carbocycles. The molecule has 3 rings (SSSR count). The molecule has 1 saturated heterocycles. The number of anilines is 1. The van der Waals surface area contributed by atoms with E-state index in [1.807, 2.05) is 44.2 Å². The monoisotopic (exact) mass is 400 g/mol. The van der Waals surface area contributed by atoms with E-state index in [9.17, 15) is 9.59 Å². The minimum atomic E-state index is -0.440. The zero-order chi connectivity index (χ0) is 18.0. The fourth-order valence-electron chi connectivity index (χ4n) is 2.47. The maximum Gasteiger partial charge on any atom is 0.282 e. The third-order valence-corrected chi connectivity index (χ3v) is 4.03. The number of amides is 2. The van der Waals surface area contributed by atoms with Crippen LogP contribution in [0.5, 0.6) is 5.75 Å². The van der Waals surface area contributed by atoms with Crippen LogP contribution in [0.15, 0.2) is 58.6 Å². The van der Waals surface area contributed by atoms with E-state index in [4.69, 9.17) is 4.74 Å². The SMILES string of the molecule is CC(C)Oc1ccccc1C=C1C(=O)NN(c2cccc(Br)c2)C1=O. The lowest BCUT2D eigenvalue weighted by Crippen LogP contribution is -2.35. The number of halogens is 1. The van der Waals surface area contributed by atoms with Crippen molar-refractivity contribution in [2.24, 2.45) is 0 Å². The lowest BCUT2D eigenvalue weighted by molar-refractivity contribution is -0.117. The van der Waals surface area contributed by atoms with Gasteiger partial charge in [0.25, 0.3) is 11.8 Å². The highest BCUT2D eigenvalue weighted by molar-refractivity contribution is 9.10. The number of para-hydroxylation sites is 1. The number of carbonyl (C=O) groups excluding carboxylic acids is 2. The van der Waals surface area contributed by atoms with E-state index in [2.05, 4.69) is 21.4 Å². The highest BCUT2D eigenvalue weighted by atomic mass is 79.9. The van der Waals surface area contributed by atoms with Gasteiger partial charge >= 0.3 is 0 Å². The van der Waals surface area contributed by atoms with Crippen molar-refractivity contribution in [3.8, 4) is 5.75 Å². The summed E-state index contributed by atoms with van der Waals surface area (Å²) in [5, 5.41) is 1.24. The average molecular weight is 401 g/mol. The molecular weight excluding hydrogens is 384 g/mol. The summed E-state index contributed by atoms with van der Waals surface area (Å²) in [6.45, 7) is 3.85. The van der Waals surface area contributed by atoms with Gasteiger partial charge in [-0.25, -0.2) is 5.01 Å². The number of hydrazine groups is 1. The van der Waals surface area contributed by atoms with Crippen LogP contribution >= 0.6 is 15.9 Å². The van der Waals surface area contributed by atoms with Gasteiger partial charge in [0.2, 0.25) is 0 Å². The van der Waals surface area contributed by atoms with Crippen LogP contribution in [0, 0.1) is 0 Å². The fourth-order valence-corrected chi connectivity index (χ4v) is 2.86. The second-order valence-corrected chi connectivity index (χ2v) is 6.74. The van der Waals surface area contributed by atoms with Crippen LogP contribution in [-0.4, -0.2) is 17.9 Å². The lowest BCUT2D eigenvalue weighted by Gasteiger charge is -2.14. The molecule has 25 heavy (non-hydrogen) atoms. The molecule has 0 aromatic heterocycles. The first-order valence-corrected chi connectivity index (χ1v) is 8.63. The predicted octanol–water partition coefficient (Wildman–Crippen LogP) is 3.70. The molecule has 0 radical (unpaired) electrons. The summed E-state index contributed by atoms with van der Waals surface area (Å²) in [6.07, 6.45) is 1.55. The molecule has 1 aliphatic heterocycles. The molecule has 0 unspecified atom stereocenters. The van der Waals surface area contributed by atoms with E-state index < -0.39 is 11.8 Å². The molecule has 0 saturated carbocycles. The third kappa shape index (κ3) is 3.74. The second kappa shape index (κ2) is 7.11. The van der Waals surface area contributed by atoms with Crippen molar-refractivity contribution in [3.63, 3.8) is 0 Å². The normalized spacial score (nSPS) is 15.8. The second-order valence-electron chi connectivity index (χ2n) is 5.82. The number of hydrogen-bond donors (Lipinski definition) is 1. The summed E-state index contributed by atoms with van der Waals surface area (Å²) in [5.41, 5.74) is 3.93. The minimum Gasteiger partial charge on any atom is -0.490 e. The molecule has 5 nitrogen and oxygen atoms in total. The number of hydrogen-bond acceptors (Lipinski definition) is 3. The molecule has 1 aliphatic rings. The Balaban J connectivity index is 1.95. The third-order valence-electron chi connectivity index (χ3n) is 3.54. The van der Waals surface area contributed by atoms with Gasteiger partial charge in [-0.2, -0.15) is 0 Å². The Labute approximate surface area is 154 Å². The summed E-state index contributed by atoms with van der Waals surface area (Å²) in [5.74, 6) is -0.210. The molecule has 0 spiro atoms. The van der Waals surface area contributed by atoms with Crippen molar-refractivity contribution in [1.82, 2.24) is 5.43 Å². The number of rotatable bonds is 4. The predicted molar refractivity (Wildman–Crippen MR) is 100.0 cm³/mol. The van der Waals surface area contributed by atoms with Crippen molar-refractivity contribution in [1.29, 1.82) is 0 Å². The smallest absolute Gasteiger partial charge is 0.282 e. The molecular formula is C19H17BrN2O3. The Bertz CT molecular complexity index is 861. The van der Waals surface area contributed by atoms with Crippen LogP contribution < -0.4 is 15.2 Å². The first kappa shape index (κ1) is 17.2. The molecule has 128 valence electrons. The summed E-state index contributed by atoms with van der Waals surface area (Å²) in [4.78, 5) is 25.0. The Hall–Kier alpha value is -2.60. The molecule has 0 atom stereocenters. The van der Waals surface area contributed by atoms with E-state index in [-0.39, 0.29) is 11.7 Å². The molecule has 0 aliphatic carbocycles. The van der Waals surface area contributed by atoms with Gasteiger partial charge in [-0.1, -0.05) is 40.2 Å². The molecule has 2 aromatic rings. The Morgan fingerprint density at radius 3 is 2.60 bits per heavy atom. The van der Waals surface area contributed by atoms with E-state index in [1.54, 1.807) is 24.3 Å². The van der Waals surface area contributed by atoms with E-state index >= 15 is 0 Å². The summed E-state index contributed by atoms with van der Waals surface area (Å²) in [6, 6.07) is 14.5. The van der Waals surface area contributed by atoms with Crippen LogP contribution in [0.1, 0.15) is 19.4 Å². The highest BCUT2D eigenvalue weighted by Gasteiger charge is 2.34. The summed E-state index contributed by atoms with van der Waals surface area (Å²) < 4.78 is 6.57. The number of nitrogens with one attached hydrogen (secondary N) is 1. The van der Waals surface area contributed by atoms with Crippen molar-refractivity contribution in [2.45, 2.75) is 20.0 Å². The summed E-state index contributed by atoms with van der Waals surface area (Å²) in [7, 11) is 0. The molecule has 0 bridgehead atoms. The molecule has 1 heterocycles. The first-order chi connectivity index (χ1) is 12.0. The maximum atomic E-state index is 12.7. The van der Waals surface area contributed by atoms with Gasteiger partial charge in [0.1, 0.15) is 11.3 Å². The number of ether oxygens (including phenoxy) is 1. The molecule has 6 heteroatoms. The van der Waals surface area contributed by atoms with Crippen LogP contribution in [0.2, 0.25) is 0 Å². The molecule has 1 N–H and O–H groups in total. The van der Waals surface area contributed by atoms with Gasteiger partial charge in [-0.05, 0) is 44.2 Å². The zero-order valence-corrected chi connectivity index (χ0v) is 15.4. The number of nitrogens with zero attached hydrogens (tertiary/aromatic N) is 1. The maximum absolute atomic E-state index is 12.7. The summed E-state index contributed by atoms with van der Waals surface area (Å²) >= 11 is 3.36. The standard InChI is InChI=1S/C19H17BrN2O3/c1-12(2)25-17-9-4-3-6-13(17)10-16-18(23)21-22(19(16)24)15-8-5-7-14(20)11-15/h3-12H,1-2H3,(H,21,23). The van der Waals surface area contributed by atoms with Gasteiger partial charge < -0.3 is 4.74 Å². The largest absolute Gasteiger partial charge is 0.490 e. The van der Waals surface area contributed by atoms with Gasteiger partial charge in [-0.3, -0.25) is 15.0 Å². The van der Waals surface area contributed by atoms with Gasteiger partial charge in [0.15, 0.2) is 0 Å². The minimum absolute atomic E-state index is 0.00850. The van der Waals surface area contributed by atoms with E-state index in [0.717, 1.165) is 4.47 Å². The van der Waals surface area contributed by atoms with E-state index in [1.165, 1.54) is 5.01 Å². The van der Waals surface area contributed by atoms with Crippen molar-refractivity contribution >= 4 is 39.5 Å². The van der Waals surface area contributed by atoms with Crippen molar-refractivity contribution in [3.05, 3.63) is 64.1 Å². The van der Waals surface area contributed by atoms with E-state index in [0.29, 0.717) is 17.0 Å². The quantitative estimate of drug-likeness (QED) is 0.628. The number of carbonyl (C=O) groups is 2. The van der Waals surface area contributed by atoms with Crippen molar-refractivity contribution in [2.75, 3.05) is 5.01 Å². The van der Waals surface area contributed by atoms with Crippen LogP contribution in [-0.2, 0) is 9.59 Å².